The van der Waals surface area contributed by atoms with Gasteiger partial charge in [0.15, 0.2) is 5.82 Å². The second-order valence-electron chi connectivity index (χ2n) is 9.57. The zero-order valence-corrected chi connectivity index (χ0v) is 22.6. The van der Waals surface area contributed by atoms with E-state index in [9.17, 15) is 40.3 Å². The Hall–Kier alpha value is -3.55. The molecule has 0 saturated heterocycles. The van der Waals surface area contributed by atoms with Crippen LogP contribution < -0.4 is 10.2 Å². The van der Waals surface area contributed by atoms with Crippen molar-refractivity contribution in [1.82, 2.24) is 4.98 Å². The van der Waals surface area contributed by atoms with Gasteiger partial charge in [-0.2, -0.15) is 26.3 Å². The van der Waals surface area contributed by atoms with Crippen LogP contribution in [0.1, 0.15) is 51.6 Å². The molecule has 218 valence electrons. The van der Waals surface area contributed by atoms with E-state index >= 15 is 4.39 Å². The van der Waals surface area contributed by atoms with Gasteiger partial charge >= 0.3 is 12.4 Å². The summed E-state index contributed by atoms with van der Waals surface area (Å²) in [6.07, 6.45) is -6.59. The van der Waals surface area contributed by atoms with Crippen molar-refractivity contribution in [2.45, 2.75) is 37.8 Å². The number of hydrogen-bond acceptors (Lipinski definition) is 3. The summed E-state index contributed by atoms with van der Waals surface area (Å²) in [5.74, 6) is -3.13. The molecule has 1 aliphatic carbocycles. The molecule has 4 rings (SSSR count). The van der Waals surface area contributed by atoms with Crippen LogP contribution >= 0.6 is 15.9 Å². The number of alkyl halides is 7. The molecule has 0 aliphatic heterocycles. The van der Waals surface area contributed by atoms with Crippen molar-refractivity contribution in [2.75, 3.05) is 16.8 Å². The monoisotopic (exact) mass is 649 g/mol. The number of amides is 2. The molecule has 1 aromatic heterocycles. The zero-order chi connectivity index (χ0) is 30.3. The Morgan fingerprint density at radius 1 is 1.05 bits per heavy atom. The predicted octanol–water partition coefficient (Wildman–Crippen LogP) is 8.06. The van der Waals surface area contributed by atoms with Gasteiger partial charge in [-0.05, 0) is 83.6 Å². The average molecular weight is 650 g/mol. The van der Waals surface area contributed by atoms with Crippen molar-refractivity contribution in [3.05, 3.63) is 87.4 Å². The van der Waals surface area contributed by atoms with Crippen molar-refractivity contribution >= 4 is 39.1 Å². The number of hydrogen-bond donors (Lipinski definition) is 1. The van der Waals surface area contributed by atoms with E-state index in [0.29, 0.717) is 6.07 Å². The summed E-state index contributed by atoms with van der Waals surface area (Å²) >= 11 is 2.68. The fraction of sp³-hybridized carbons (Fsp3) is 0.296. The molecule has 5 nitrogen and oxygen atoms in total. The molecule has 1 N–H and O–H groups in total. The van der Waals surface area contributed by atoms with Gasteiger partial charge in [-0.25, -0.2) is 8.78 Å². The lowest BCUT2D eigenvalue weighted by atomic mass is 9.94. The topological polar surface area (TPSA) is 62.3 Å². The molecule has 41 heavy (non-hydrogen) atoms. The van der Waals surface area contributed by atoms with Crippen LogP contribution in [0.3, 0.4) is 0 Å². The van der Waals surface area contributed by atoms with Crippen molar-refractivity contribution in [3.63, 3.8) is 0 Å². The first-order valence-electron chi connectivity index (χ1n) is 12.0. The lowest BCUT2D eigenvalue weighted by molar-refractivity contribution is -0.228. The Kier molecular flexibility index (Phi) is 8.18. The van der Waals surface area contributed by atoms with Crippen LogP contribution in [0, 0.1) is 11.7 Å². The highest BCUT2D eigenvalue weighted by Crippen LogP contribution is 2.47. The lowest BCUT2D eigenvalue weighted by Crippen LogP contribution is -2.35. The van der Waals surface area contributed by atoms with Gasteiger partial charge in [0, 0.05) is 23.4 Å². The maximum Gasteiger partial charge on any atom is 0.426 e. The second-order valence-corrected chi connectivity index (χ2v) is 10.4. The highest BCUT2D eigenvalue weighted by molar-refractivity contribution is 9.10. The quantitative estimate of drug-likeness (QED) is 0.263. The van der Waals surface area contributed by atoms with E-state index in [4.69, 9.17) is 0 Å². The average Bonchev–Trinajstić information content (AvgIpc) is 3.71. The Labute approximate surface area is 236 Å². The van der Waals surface area contributed by atoms with Gasteiger partial charge in [-0.15, -0.1) is 0 Å². The number of carbonyl (C=O) groups is 2. The molecule has 3 aromatic rings. The SMILES string of the molecule is CC(F)(c1cc(Br)c(NC(=O)c2cccc(N(CC3CC3)C(=O)c3cccnc3)c2F)c(C(F)(F)F)c1)C(F)(F)F. The molecule has 1 unspecified atom stereocenters. The molecular weight excluding hydrogens is 630 g/mol. The molecule has 2 amide bonds. The number of aromatic nitrogens is 1. The maximum absolute atomic E-state index is 15.7. The van der Waals surface area contributed by atoms with Gasteiger partial charge in [0.2, 0.25) is 5.67 Å². The van der Waals surface area contributed by atoms with Crippen molar-refractivity contribution < 1.29 is 44.7 Å². The molecule has 1 atom stereocenters. The summed E-state index contributed by atoms with van der Waals surface area (Å²) in [6.45, 7) is 0.177. The van der Waals surface area contributed by atoms with E-state index in [2.05, 4.69) is 20.9 Å². The molecule has 14 heteroatoms. The first-order valence-corrected chi connectivity index (χ1v) is 12.8. The normalized spacial score (nSPS) is 15.3. The lowest BCUT2D eigenvalue weighted by Gasteiger charge is -2.26. The number of pyridine rings is 1. The Morgan fingerprint density at radius 3 is 2.29 bits per heavy atom. The van der Waals surface area contributed by atoms with Crippen LogP contribution in [0.15, 0.2) is 59.3 Å². The van der Waals surface area contributed by atoms with Gasteiger partial charge in [-0.1, -0.05) is 6.07 Å². The highest BCUT2D eigenvalue weighted by atomic mass is 79.9. The summed E-state index contributed by atoms with van der Waals surface area (Å²) < 4.78 is 111. The fourth-order valence-corrected chi connectivity index (χ4v) is 4.53. The van der Waals surface area contributed by atoms with Crippen molar-refractivity contribution in [2.24, 2.45) is 5.92 Å². The van der Waals surface area contributed by atoms with Gasteiger partial charge in [-0.3, -0.25) is 14.6 Å². The van der Waals surface area contributed by atoms with Crippen LogP contribution in [-0.4, -0.2) is 29.5 Å². The number of anilines is 2. The minimum absolute atomic E-state index is 0.0637. The third-order valence-electron chi connectivity index (χ3n) is 6.51. The van der Waals surface area contributed by atoms with Crippen LogP contribution in [-0.2, 0) is 11.8 Å². The first kappa shape index (κ1) is 30.4. The van der Waals surface area contributed by atoms with Crippen molar-refractivity contribution in [3.8, 4) is 0 Å². The van der Waals surface area contributed by atoms with E-state index in [1.807, 2.05) is 5.32 Å². The minimum atomic E-state index is -5.54. The van der Waals surface area contributed by atoms with E-state index in [0.717, 1.165) is 23.8 Å². The summed E-state index contributed by atoms with van der Waals surface area (Å²) in [5.41, 5.74) is -9.25. The molecule has 1 heterocycles. The number of nitrogens with zero attached hydrogens (tertiary/aromatic N) is 2. The van der Waals surface area contributed by atoms with Crippen molar-refractivity contribution in [1.29, 1.82) is 0 Å². The molecule has 1 fully saturated rings. The summed E-state index contributed by atoms with van der Waals surface area (Å²) in [6, 6.07) is 6.78. The second kappa shape index (κ2) is 11.0. The number of carbonyl (C=O) groups excluding carboxylic acids is 2. The third-order valence-corrected chi connectivity index (χ3v) is 7.14. The van der Waals surface area contributed by atoms with E-state index in [1.165, 1.54) is 36.7 Å². The molecule has 1 aliphatic rings. The fourth-order valence-electron chi connectivity index (χ4n) is 3.97. The molecular formula is C27H20BrF8N3O2. The number of halogens is 9. The maximum atomic E-state index is 15.7. The van der Waals surface area contributed by atoms with E-state index in [1.54, 1.807) is 0 Å². The van der Waals surface area contributed by atoms with Crippen LogP contribution in [0.25, 0.3) is 0 Å². The van der Waals surface area contributed by atoms with Gasteiger partial charge in [0.1, 0.15) is 0 Å². The van der Waals surface area contributed by atoms with Crippen LogP contribution in [0.2, 0.25) is 0 Å². The van der Waals surface area contributed by atoms with E-state index < -0.39 is 62.5 Å². The minimum Gasteiger partial charge on any atom is -0.320 e. The Bertz CT molecular complexity index is 1470. The molecule has 0 radical (unpaired) electrons. The predicted molar refractivity (Wildman–Crippen MR) is 137 cm³/mol. The van der Waals surface area contributed by atoms with Crippen LogP contribution in [0.4, 0.5) is 46.5 Å². The summed E-state index contributed by atoms with van der Waals surface area (Å²) in [7, 11) is 0. The third kappa shape index (κ3) is 6.36. The van der Waals surface area contributed by atoms with Gasteiger partial charge < -0.3 is 10.2 Å². The smallest absolute Gasteiger partial charge is 0.320 e. The number of nitrogens with one attached hydrogen (secondary N) is 1. The zero-order valence-electron chi connectivity index (χ0n) is 21.0. The largest absolute Gasteiger partial charge is 0.426 e. The molecule has 1 saturated carbocycles. The summed E-state index contributed by atoms with van der Waals surface area (Å²) in [5, 5.41) is 1.88. The molecule has 2 aromatic carbocycles. The first-order chi connectivity index (χ1) is 19.0. The Morgan fingerprint density at radius 2 is 1.73 bits per heavy atom. The molecule has 0 spiro atoms. The number of benzene rings is 2. The van der Waals surface area contributed by atoms with Crippen LogP contribution in [0.5, 0.6) is 0 Å². The number of rotatable bonds is 7. The van der Waals surface area contributed by atoms with Gasteiger partial charge in [0.05, 0.1) is 28.1 Å². The Balaban J connectivity index is 1.73. The molecule has 0 bridgehead atoms. The van der Waals surface area contributed by atoms with E-state index in [-0.39, 0.29) is 36.7 Å². The van der Waals surface area contributed by atoms with Gasteiger partial charge in [0.25, 0.3) is 11.8 Å². The standard InChI is InChI=1S/C27H20BrF8N3O2/c1-25(30,27(34,35)36)16-10-18(26(31,32)33)22(19(28)11-16)38-23(40)17-5-2-6-20(21(17)29)39(13-14-7-8-14)24(41)15-4-3-9-37-12-15/h2-6,9-12,14H,7-8,13H2,1H3,(H,38,40). The highest BCUT2D eigenvalue weighted by Gasteiger charge is 2.54. The summed E-state index contributed by atoms with van der Waals surface area (Å²) in [4.78, 5) is 31.2.